The smallest absolute Gasteiger partial charge is 0.0454 e. The predicted octanol–water partition coefficient (Wildman–Crippen LogP) is 5.97. The Labute approximate surface area is 125 Å². The molecule has 2 heterocycles. The number of rotatable bonds is 9. The molecule has 2 rings (SSSR count). The van der Waals surface area contributed by atoms with Crippen LogP contribution in [0.25, 0.3) is 9.40 Å². The lowest BCUT2D eigenvalue weighted by Crippen LogP contribution is -2.19. The maximum atomic E-state index is 3.66. The van der Waals surface area contributed by atoms with Crippen LogP contribution in [0.3, 0.4) is 0 Å². The summed E-state index contributed by atoms with van der Waals surface area (Å²) in [5, 5.41) is 5.85. The second kappa shape index (κ2) is 8.03. The minimum absolute atomic E-state index is 0.566. The van der Waals surface area contributed by atoms with Gasteiger partial charge < -0.3 is 5.32 Å². The quantitative estimate of drug-likeness (QED) is 0.562. The maximum Gasteiger partial charge on any atom is 0.0454 e. The van der Waals surface area contributed by atoms with E-state index in [1.165, 1.54) is 52.8 Å². The van der Waals surface area contributed by atoms with Crippen LogP contribution < -0.4 is 5.32 Å². The molecule has 0 bridgehead atoms. The molecular formula is C16H25NS2. The van der Waals surface area contributed by atoms with Crippen molar-refractivity contribution in [3.63, 3.8) is 0 Å². The van der Waals surface area contributed by atoms with E-state index in [1.807, 2.05) is 22.7 Å². The molecule has 0 fully saturated rings. The molecule has 1 nitrogen and oxygen atoms in total. The second-order valence-electron chi connectivity index (χ2n) is 5.11. The fourth-order valence-corrected chi connectivity index (χ4v) is 4.73. The Morgan fingerprint density at radius 2 is 1.95 bits per heavy atom. The summed E-state index contributed by atoms with van der Waals surface area (Å²) in [6.45, 7) is 5.55. The van der Waals surface area contributed by atoms with Crippen LogP contribution in [-0.4, -0.2) is 6.54 Å². The third-order valence-electron chi connectivity index (χ3n) is 3.55. The highest BCUT2D eigenvalue weighted by molar-refractivity contribution is 7.26. The van der Waals surface area contributed by atoms with E-state index in [-0.39, 0.29) is 0 Å². The van der Waals surface area contributed by atoms with E-state index >= 15 is 0 Å². The van der Waals surface area contributed by atoms with Gasteiger partial charge in [-0.3, -0.25) is 0 Å². The third-order valence-corrected chi connectivity index (χ3v) is 5.76. The summed E-state index contributed by atoms with van der Waals surface area (Å²) in [5.74, 6) is 0. The minimum atomic E-state index is 0.566. The highest BCUT2D eigenvalue weighted by atomic mass is 32.1. The molecule has 0 aromatic carbocycles. The molecule has 0 radical (unpaired) electrons. The zero-order valence-electron chi connectivity index (χ0n) is 12.1. The van der Waals surface area contributed by atoms with E-state index in [4.69, 9.17) is 0 Å². The predicted molar refractivity (Wildman–Crippen MR) is 89.5 cm³/mol. The van der Waals surface area contributed by atoms with E-state index in [0.29, 0.717) is 6.04 Å². The van der Waals surface area contributed by atoms with Crippen molar-refractivity contribution in [1.82, 2.24) is 5.32 Å². The van der Waals surface area contributed by atoms with E-state index in [9.17, 15) is 0 Å². The first-order valence-corrected chi connectivity index (χ1v) is 9.25. The summed E-state index contributed by atoms with van der Waals surface area (Å²) in [7, 11) is 0. The molecule has 0 aliphatic heterocycles. The van der Waals surface area contributed by atoms with Crippen LogP contribution in [0, 0.1) is 0 Å². The fraction of sp³-hybridized carbons (Fsp3) is 0.625. The van der Waals surface area contributed by atoms with Crippen molar-refractivity contribution < 1.29 is 0 Å². The third kappa shape index (κ3) is 4.30. The molecule has 1 unspecified atom stereocenters. The van der Waals surface area contributed by atoms with Crippen LogP contribution in [0.1, 0.15) is 63.3 Å². The first-order chi connectivity index (χ1) is 9.35. The summed E-state index contributed by atoms with van der Waals surface area (Å²) >= 11 is 3.83. The van der Waals surface area contributed by atoms with Crippen molar-refractivity contribution >= 4 is 32.1 Å². The van der Waals surface area contributed by atoms with E-state index in [2.05, 4.69) is 36.7 Å². The zero-order chi connectivity index (χ0) is 13.5. The fourth-order valence-electron chi connectivity index (χ4n) is 2.50. The minimum Gasteiger partial charge on any atom is -0.310 e. The number of hydrogen-bond acceptors (Lipinski definition) is 3. The number of fused-ring (bicyclic) bond motifs is 1. The molecule has 2 aromatic heterocycles. The van der Waals surface area contributed by atoms with Gasteiger partial charge in [0.15, 0.2) is 0 Å². The van der Waals surface area contributed by atoms with Crippen molar-refractivity contribution in [3.8, 4) is 0 Å². The van der Waals surface area contributed by atoms with Crippen molar-refractivity contribution in [2.75, 3.05) is 6.54 Å². The van der Waals surface area contributed by atoms with Gasteiger partial charge in [0, 0.05) is 20.3 Å². The number of thiophene rings is 2. The lowest BCUT2D eigenvalue weighted by molar-refractivity contribution is 0.484. The largest absolute Gasteiger partial charge is 0.310 e. The first-order valence-electron chi connectivity index (χ1n) is 7.55. The van der Waals surface area contributed by atoms with Gasteiger partial charge in [-0.2, -0.15) is 0 Å². The van der Waals surface area contributed by atoms with Crippen molar-refractivity contribution in [3.05, 3.63) is 22.4 Å². The Bertz CT molecular complexity index is 443. The highest BCUT2D eigenvalue weighted by Gasteiger charge is 2.13. The summed E-state index contributed by atoms with van der Waals surface area (Å²) in [6.07, 6.45) is 8.14. The summed E-state index contributed by atoms with van der Waals surface area (Å²) < 4.78 is 2.91. The lowest BCUT2D eigenvalue weighted by atomic mass is 10.1. The van der Waals surface area contributed by atoms with Gasteiger partial charge in [-0.05, 0) is 30.5 Å². The van der Waals surface area contributed by atoms with Gasteiger partial charge >= 0.3 is 0 Å². The zero-order valence-corrected chi connectivity index (χ0v) is 13.7. The van der Waals surface area contributed by atoms with Gasteiger partial charge in [-0.1, -0.05) is 46.0 Å². The second-order valence-corrected chi connectivity index (χ2v) is 7.17. The number of unbranched alkanes of at least 4 members (excludes halogenated alkanes) is 4. The molecule has 0 amide bonds. The molecule has 0 aliphatic rings. The van der Waals surface area contributed by atoms with Crippen LogP contribution >= 0.6 is 22.7 Å². The Morgan fingerprint density at radius 1 is 1.11 bits per heavy atom. The molecule has 0 saturated carbocycles. The maximum absolute atomic E-state index is 3.66. The van der Waals surface area contributed by atoms with Gasteiger partial charge in [-0.15, -0.1) is 22.7 Å². The Kier molecular flexibility index (Phi) is 6.35. The average molecular weight is 296 g/mol. The van der Waals surface area contributed by atoms with Crippen LogP contribution in [0.4, 0.5) is 0 Å². The summed E-state index contributed by atoms with van der Waals surface area (Å²) in [4.78, 5) is 1.53. The van der Waals surface area contributed by atoms with Gasteiger partial charge in [0.25, 0.3) is 0 Å². The van der Waals surface area contributed by atoms with Crippen LogP contribution in [0.15, 0.2) is 17.5 Å². The molecule has 2 aromatic rings. The van der Waals surface area contributed by atoms with Crippen LogP contribution in [0.5, 0.6) is 0 Å². The molecule has 0 spiro atoms. The van der Waals surface area contributed by atoms with Gasteiger partial charge in [0.2, 0.25) is 0 Å². The van der Waals surface area contributed by atoms with Crippen molar-refractivity contribution in [1.29, 1.82) is 0 Å². The molecule has 3 heteroatoms. The lowest BCUT2D eigenvalue weighted by Gasteiger charge is -2.16. The molecule has 1 atom stereocenters. The van der Waals surface area contributed by atoms with Gasteiger partial charge in [-0.25, -0.2) is 0 Å². The Balaban J connectivity index is 1.89. The molecular weight excluding hydrogens is 270 g/mol. The van der Waals surface area contributed by atoms with E-state index in [1.54, 1.807) is 0 Å². The Hall–Kier alpha value is -0.380. The standard InChI is InChI=1S/C16H25NS2/c1-3-5-6-7-8-9-13(17-4-2)15-12-16-14(19-15)10-11-18-16/h10-13,17H,3-9H2,1-2H3. The van der Waals surface area contributed by atoms with Gasteiger partial charge in [0.05, 0.1) is 0 Å². The number of nitrogens with one attached hydrogen (secondary N) is 1. The molecule has 19 heavy (non-hydrogen) atoms. The number of hydrogen-bond donors (Lipinski definition) is 1. The van der Waals surface area contributed by atoms with E-state index < -0.39 is 0 Å². The Morgan fingerprint density at radius 3 is 2.68 bits per heavy atom. The van der Waals surface area contributed by atoms with Gasteiger partial charge in [0.1, 0.15) is 0 Å². The summed E-state index contributed by atoms with van der Waals surface area (Å²) in [5.41, 5.74) is 0. The normalized spacial score (nSPS) is 13.2. The first kappa shape index (κ1) is 15.0. The van der Waals surface area contributed by atoms with Crippen molar-refractivity contribution in [2.45, 2.75) is 58.4 Å². The molecule has 0 saturated heterocycles. The van der Waals surface area contributed by atoms with Crippen molar-refractivity contribution in [2.24, 2.45) is 0 Å². The van der Waals surface area contributed by atoms with Crippen LogP contribution in [0.2, 0.25) is 0 Å². The monoisotopic (exact) mass is 295 g/mol. The molecule has 106 valence electrons. The van der Waals surface area contributed by atoms with E-state index in [0.717, 1.165) is 6.54 Å². The SMILES string of the molecule is CCCCCCCC(NCC)c1cc2sccc2s1. The molecule has 1 N–H and O–H groups in total. The highest BCUT2D eigenvalue weighted by Crippen LogP contribution is 2.35. The van der Waals surface area contributed by atoms with Crippen LogP contribution in [-0.2, 0) is 0 Å². The topological polar surface area (TPSA) is 12.0 Å². The molecule has 0 aliphatic carbocycles. The summed E-state index contributed by atoms with van der Waals surface area (Å²) in [6, 6.07) is 5.21. The average Bonchev–Trinajstić information content (AvgIpc) is 2.98.